The van der Waals surface area contributed by atoms with Crippen LogP contribution in [0.1, 0.15) is 21.5 Å². The van der Waals surface area contributed by atoms with Crippen LogP contribution in [-0.2, 0) is 9.59 Å². The summed E-state index contributed by atoms with van der Waals surface area (Å²) in [5.74, 6) is -0.0341. The van der Waals surface area contributed by atoms with Crippen LogP contribution in [0, 0.1) is 13.8 Å². The number of likely N-dealkylation sites (N-methyl/N-ethyl adjacent to an activating group) is 1. The van der Waals surface area contributed by atoms with Crippen molar-refractivity contribution < 1.29 is 23.9 Å². The summed E-state index contributed by atoms with van der Waals surface area (Å²) in [5.41, 5.74) is 3.12. The molecule has 29 heavy (non-hydrogen) atoms. The highest BCUT2D eigenvalue weighted by molar-refractivity contribution is 5.98. The van der Waals surface area contributed by atoms with Crippen molar-refractivity contribution in [1.82, 2.24) is 10.2 Å². The first-order valence-electron chi connectivity index (χ1n) is 9.13. The summed E-state index contributed by atoms with van der Waals surface area (Å²) in [6.45, 7) is 3.66. The van der Waals surface area contributed by atoms with Gasteiger partial charge in [-0.25, -0.2) is 0 Å². The minimum absolute atomic E-state index is 0.119. The van der Waals surface area contributed by atoms with Crippen molar-refractivity contribution in [3.63, 3.8) is 0 Å². The molecule has 0 fully saturated rings. The number of carbonyl (C=O) groups excluding carboxylic acids is 3. The van der Waals surface area contributed by atoms with Gasteiger partial charge in [0.15, 0.2) is 11.5 Å². The molecule has 0 unspecified atom stereocenters. The summed E-state index contributed by atoms with van der Waals surface area (Å²) >= 11 is 0. The van der Waals surface area contributed by atoms with E-state index >= 15 is 0 Å². The lowest BCUT2D eigenvalue weighted by molar-refractivity contribution is -0.132. The maximum Gasteiger partial charge on any atom is 0.251 e. The second-order valence-corrected chi connectivity index (χ2v) is 6.80. The average Bonchev–Trinajstić information content (AvgIpc) is 3.17. The molecule has 2 N–H and O–H groups in total. The number of nitrogens with one attached hydrogen (secondary N) is 2. The summed E-state index contributed by atoms with van der Waals surface area (Å²) in [5, 5.41) is 5.36. The van der Waals surface area contributed by atoms with Crippen molar-refractivity contribution in [2.24, 2.45) is 0 Å². The van der Waals surface area contributed by atoms with Gasteiger partial charge < -0.3 is 25.0 Å². The van der Waals surface area contributed by atoms with Crippen LogP contribution < -0.4 is 20.1 Å². The maximum atomic E-state index is 12.3. The van der Waals surface area contributed by atoms with Crippen molar-refractivity contribution >= 4 is 23.4 Å². The molecule has 1 aliphatic rings. The van der Waals surface area contributed by atoms with Crippen molar-refractivity contribution in [1.29, 1.82) is 0 Å². The van der Waals surface area contributed by atoms with Crippen LogP contribution in [0.5, 0.6) is 11.5 Å². The van der Waals surface area contributed by atoms with Crippen LogP contribution in [0.15, 0.2) is 36.4 Å². The largest absolute Gasteiger partial charge is 0.454 e. The fourth-order valence-electron chi connectivity index (χ4n) is 2.81. The Morgan fingerprint density at radius 1 is 1.07 bits per heavy atom. The molecule has 1 aliphatic heterocycles. The third-order valence-corrected chi connectivity index (χ3v) is 4.72. The molecule has 2 aromatic rings. The van der Waals surface area contributed by atoms with E-state index in [0.29, 0.717) is 22.7 Å². The number of fused-ring (bicyclic) bond motifs is 1. The summed E-state index contributed by atoms with van der Waals surface area (Å²) in [6, 6.07) is 10.4. The molecule has 152 valence electrons. The summed E-state index contributed by atoms with van der Waals surface area (Å²) in [4.78, 5) is 38.0. The molecule has 0 saturated heterocycles. The Labute approximate surface area is 168 Å². The van der Waals surface area contributed by atoms with Crippen LogP contribution in [-0.4, -0.2) is 49.6 Å². The zero-order valence-corrected chi connectivity index (χ0v) is 16.6. The van der Waals surface area contributed by atoms with Crippen LogP contribution >= 0.6 is 0 Å². The van der Waals surface area contributed by atoms with Gasteiger partial charge in [-0.1, -0.05) is 12.1 Å². The summed E-state index contributed by atoms with van der Waals surface area (Å²) < 4.78 is 10.4. The van der Waals surface area contributed by atoms with Crippen LogP contribution in [0.2, 0.25) is 0 Å². The molecule has 0 aliphatic carbocycles. The maximum absolute atomic E-state index is 12.3. The zero-order valence-electron chi connectivity index (χ0n) is 16.6. The highest BCUT2D eigenvalue weighted by atomic mass is 16.7. The van der Waals surface area contributed by atoms with Gasteiger partial charge in [0.25, 0.3) is 5.91 Å². The Bertz CT molecular complexity index is 957. The normalized spacial score (nSPS) is 11.7. The van der Waals surface area contributed by atoms with Crippen molar-refractivity contribution in [2.45, 2.75) is 13.8 Å². The van der Waals surface area contributed by atoms with Gasteiger partial charge in [-0.2, -0.15) is 0 Å². The molecule has 8 heteroatoms. The van der Waals surface area contributed by atoms with Gasteiger partial charge in [-0.3, -0.25) is 14.4 Å². The van der Waals surface area contributed by atoms with E-state index in [0.717, 1.165) is 11.1 Å². The van der Waals surface area contributed by atoms with E-state index < -0.39 is 5.91 Å². The monoisotopic (exact) mass is 397 g/mol. The van der Waals surface area contributed by atoms with E-state index in [2.05, 4.69) is 10.6 Å². The summed E-state index contributed by atoms with van der Waals surface area (Å²) in [6.07, 6.45) is 0. The fraction of sp³-hybridized carbons (Fsp3) is 0.286. The second-order valence-electron chi connectivity index (χ2n) is 6.80. The average molecular weight is 397 g/mol. The lowest BCUT2D eigenvalue weighted by Gasteiger charge is -2.18. The van der Waals surface area contributed by atoms with Gasteiger partial charge in [0.1, 0.15) is 0 Å². The number of amides is 3. The van der Waals surface area contributed by atoms with Gasteiger partial charge in [-0.15, -0.1) is 0 Å². The van der Waals surface area contributed by atoms with Gasteiger partial charge in [0.2, 0.25) is 18.6 Å². The number of anilines is 1. The Hall–Kier alpha value is -3.55. The zero-order chi connectivity index (χ0) is 21.0. The topological polar surface area (TPSA) is 97.0 Å². The first-order chi connectivity index (χ1) is 13.8. The molecule has 3 amide bonds. The van der Waals surface area contributed by atoms with Gasteiger partial charge in [-0.05, 0) is 49.2 Å². The van der Waals surface area contributed by atoms with Crippen molar-refractivity contribution in [3.05, 3.63) is 53.1 Å². The number of hydrogen-bond acceptors (Lipinski definition) is 5. The molecule has 0 radical (unpaired) electrons. The van der Waals surface area contributed by atoms with E-state index in [-0.39, 0.29) is 31.7 Å². The molecule has 0 aromatic heterocycles. The Kier molecular flexibility index (Phi) is 6.01. The fourth-order valence-corrected chi connectivity index (χ4v) is 2.81. The van der Waals surface area contributed by atoms with Gasteiger partial charge >= 0.3 is 0 Å². The third-order valence-electron chi connectivity index (χ3n) is 4.72. The SMILES string of the molecule is Cc1cccc(NC(=O)CN(C)C(=O)CNC(=O)c2ccc3c(c2)OCO3)c1C. The van der Waals surface area contributed by atoms with Gasteiger partial charge in [0, 0.05) is 18.3 Å². The molecular formula is C21H23N3O5. The Morgan fingerprint density at radius 2 is 1.83 bits per heavy atom. The van der Waals surface area contributed by atoms with E-state index in [1.54, 1.807) is 18.2 Å². The molecule has 0 atom stereocenters. The van der Waals surface area contributed by atoms with Crippen LogP contribution in [0.4, 0.5) is 5.69 Å². The van der Waals surface area contributed by atoms with E-state index in [4.69, 9.17) is 9.47 Å². The van der Waals surface area contributed by atoms with E-state index in [9.17, 15) is 14.4 Å². The number of ether oxygens (including phenoxy) is 2. The van der Waals surface area contributed by atoms with Crippen molar-refractivity contribution in [3.8, 4) is 11.5 Å². The highest BCUT2D eigenvalue weighted by Crippen LogP contribution is 2.32. The number of carbonyl (C=O) groups is 3. The molecule has 0 bridgehead atoms. The number of nitrogens with zero attached hydrogens (tertiary/aromatic N) is 1. The van der Waals surface area contributed by atoms with Crippen LogP contribution in [0.25, 0.3) is 0 Å². The number of aryl methyl sites for hydroxylation is 1. The molecule has 1 heterocycles. The molecule has 2 aromatic carbocycles. The predicted molar refractivity (Wildman–Crippen MR) is 107 cm³/mol. The number of benzene rings is 2. The van der Waals surface area contributed by atoms with E-state index in [1.165, 1.54) is 11.9 Å². The standard InChI is InChI=1S/C21H23N3O5/c1-13-5-4-6-16(14(13)2)23-19(25)11-24(3)20(26)10-22-21(27)15-7-8-17-18(9-15)29-12-28-17/h4-9H,10-12H2,1-3H3,(H,22,27)(H,23,25). The van der Waals surface area contributed by atoms with Gasteiger partial charge in [0.05, 0.1) is 13.1 Å². The minimum atomic E-state index is -0.412. The smallest absolute Gasteiger partial charge is 0.251 e. The molecular weight excluding hydrogens is 374 g/mol. The third kappa shape index (κ3) is 4.84. The number of rotatable bonds is 6. The van der Waals surface area contributed by atoms with Crippen molar-refractivity contribution in [2.75, 3.05) is 32.2 Å². The Morgan fingerprint density at radius 3 is 2.62 bits per heavy atom. The lowest BCUT2D eigenvalue weighted by Crippen LogP contribution is -2.41. The first-order valence-corrected chi connectivity index (χ1v) is 9.13. The van der Waals surface area contributed by atoms with Crippen LogP contribution in [0.3, 0.4) is 0 Å². The Balaban J connectivity index is 1.49. The lowest BCUT2D eigenvalue weighted by atomic mass is 10.1. The molecule has 0 spiro atoms. The summed E-state index contributed by atoms with van der Waals surface area (Å²) in [7, 11) is 1.51. The first kappa shape index (κ1) is 20.2. The second kappa shape index (κ2) is 8.64. The van der Waals surface area contributed by atoms with E-state index in [1.807, 2.05) is 32.0 Å². The number of hydrogen-bond donors (Lipinski definition) is 2. The molecule has 3 rings (SSSR count). The molecule has 0 saturated carbocycles. The quantitative estimate of drug-likeness (QED) is 0.776. The highest BCUT2D eigenvalue weighted by Gasteiger charge is 2.18. The molecule has 8 nitrogen and oxygen atoms in total. The predicted octanol–water partition coefficient (Wildman–Crippen LogP) is 1.86. The minimum Gasteiger partial charge on any atom is -0.454 e.